The van der Waals surface area contributed by atoms with E-state index < -0.39 is 0 Å². The zero-order chi connectivity index (χ0) is 12.0. The van der Waals surface area contributed by atoms with E-state index in [0.29, 0.717) is 0 Å². The van der Waals surface area contributed by atoms with Crippen LogP contribution < -0.4 is 22.9 Å². The summed E-state index contributed by atoms with van der Waals surface area (Å²) in [6, 6.07) is 0.117. The van der Waals surface area contributed by atoms with E-state index in [4.69, 9.17) is 22.9 Å². The Morgan fingerprint density at radius 1 is 1.19 bits per heavy atom. The van der Waals surface area contributed by atoms with Gasteiger partial charge in [0.15, 0.2) is 0 Å². The Labute approximate surface area is 99.1 Å². The van der Waals surface area contributed by atoms with Crippen LogP contribution in [0.4, 0.5) is 0 Å². The number of nitrogens with two attached hydrogens (primary N) is 4. The van der Waals surface area contributed by atoms with Crippen LogP contribution in [0.15, 0.2) is 0 Å². The molecular weight excluding hydrogens is 200 g/mol. The van der Waals surface area contributed by atoms with Crippen molar-refractivity contribution in [3.8, 4) is 0 Å². The molecule has 0 saturated heterocycles. The van der Waals surface area contributed by atoms with Gasteiger partial charge in [-0.05, 0) is 32.2 Å². The predicted molar refractivity (Wildman–Crippen MR) is 68.9 cm³/mol. The Bertz CT molecular complexity index is 197. The molecule has 1 fully saturated rings. The molecule has 16 heavy (non-hydrogen) atoms. The molecule has 0 amide bonds. The van der Waals surface area contributed by atoms with Crippen molar-refractivity contribution in [1.29, 1.82) is 0 Å². The molecule has 3 unspecified atom stereocenters. The molecule has 0 heterocycles. The molecule has 0 aromatic heterocycles. The lowest BCUT2D eigenvalue weighted by molar-refractivity contribution is 0.202. The molecule has 4 heteroatoms. The molecule has 1 saturated carbocycles. The molecule has 0 aromatic carbocycles. The molecule has 4 nitrogen and oxygen atoms in total. The zero-order valence-corrected chi connectivity index (χ0v) is 10.3. The molecule has 8 N–H and O–H groups in total. The molecule has 1 rings (SSSR count). The van der Waals surface area contributed by atoms with Gasteiger partial charge in [-0.3, -0.25) is 0 Å². The van der Waals surface area contributed by atoms with Gasteiger partial charge in [0, 0.05) is 17.6 Å². The second-order valence-corrected chi connectivity index (χ2v) is 5.21. The highest BCUT2D eigenvalue weighted by molar-refractivity contribution is 5.04. The van der Waals surface area contributed by atoms with Gasteiger partial charge < -0.3 is 22.9 Å². The summed E-state index contributed by atoms with van der Waals surface area (Å²) in [5.74, 6) is 0. The minimum Gasteiger partial charge on any atom is -0.330 e. The van der Waals surface area contributed by atoms with Crippen molar-refractivity contribution in [2.45, 2.75) is 69.0 Å². The average Bonchev–Trinajstić information content (AvgIpc) is 2.28. The molecule has 1 aliphatic rings. The normalized spacial score (nSPS) is 32.6. The van der Waals surface area contributed by atoms with Gasteiger partial charge in [-0.1, -0.05) is 25.7 Å². The minimum atomic E-state index is -0.332. The first-order valence-electron chi connectivity index (χ1n) is 6.61. The number of rotatable bonds is 6. The SMILES string of the molecule is NCCCCCC(N)C1(N)CCCCC1N. The van der Waals surface area contributed by atoms with E-state index in [1.807, 2.05) is 0 Å². The van der Waals surface area contributed by atoms with Gasteiger partial charge in [-0.25, -0.2) is 0 Å². The molecule has 96 valence electrons. The van der Waals surface area contributed by atoms with E-state index in [1.54, 1.807) is 0 Å². The van der Waals surface area contributed by atoms with Gasteiger partial charge in [0.2, 0.25) is 0 Å². The third-order valence-electron chi connectivity index (χ3n) is 3.97. The number of hydrogen-bond donors (Lipinski definition) is 4. The van der Waals surface area contributed by atoms with Crippen LogP contribution in [-0.4, -0.2) is 24.2 Å². The lowest BCUT2D eigenvalue weighted by Crippen LogP contribution is -2.66. The van der Waals surface area contributed by atoms with Crippen LogP contribution in [0.2, 0.25) is 0 Å². The third-order valence-corrected chi connectivity index (χ3v) is 3.97. The summed E-state index contributed by atoms with van der Waals surface area (Å²) >= 11 is 0. The van der Waals surface area contributed by atoms with Crippen molar-refractivity contribution in [3.05, 3.63) is 0 Å². The summed E-state index contributed by atoms with van der Waals surface area (Å²) in [6.07, 6.45) is 8.68. The zero-order valence-electron chi connectivity index (χ0n) is 10.3. The number of unbranched alkanes of at least 4 members (excludes halogenated alkanes) is 2. The quantitative estimate of drug-likeness (QED) is 0.495. The van der Waals surface area contributed by atoms with Gasteiger partial charge in [0.05, 0.1) is 0 Å². The Balaban J connectivity index is 2.35. The molecular formula is C12H28N4. The van der Waals surface area contributed by atoms with Gasteiger partial charge in [0.1, 0.15) is 0 Å². The third kappa shape index (κ3) is 3.42. The topological polar surface area (TPSA) is 104 Å². The molecule has 0 bridgehead atoms. The van der Waals surface area contributed by atoms with Crippen molar-refractivity contribution in [3.63, 3.8) is 0 Å². The predicted octanol–water partition coefficient (Wildman–Crippen LogP) is 0.432. The highest BCUT2D eigenvalue weighted by Gasteiger charge is 2.39. The van der Waals surface area contributed by atoms with Crippen molar-refractivity contribution in [2.24, 2.45) is 22.9 Å². The summed E-state index contributed by atoms with van der Waals surface area (Å²) in [7, 11) is 0. The fourth-order valence-electron chi connectivity index (χ4n) is 2.66. The second kappa shape index (κ2) is 6.55. The molecule has 0 radical (unpaired) electrons. The van der Waals surface area contributed by atoms with Gasteiger partial charge in [-0.2, -0.15) is 0 Å². The fraction of sp³-hybridized carbons (Fsp3) is 1.00. The Hall–Kier alpha value is -0.160. The van der Waals surface area contributed by atoms with Crippen molar-refractivity contribution in [1.82, 2.24) is 0 Å². The van der Waals surface area contributed by atoms with E-state index in [9.17, 15) is 0 Å². The first kappa shape index (κ1) is 13.9. The van der Waals surface area contributed by atoms with Crippen molar-refractivity contribution in [2.75, 3.05) is 6.54 Å². The Kier molecular flexibility index (Phi) is 5.69. The van der Waals surface area contributed by atoms with E-state index in [1.165, 1.54) is 12.8 Å². The lowest BCUT2D eigenvalue weighted by Gasteiger charge is -2.43. The summed E-state index contributed by atoms with van der Waals surface area (Å²) in [5, 5.41) is 0. The van der Waals surface area contributed by atoms with E-state index >= 15 is 0 Å². The number of hydrogen-bond acceptors (Lipinski definition) is 4. The first-order chi connectivity index (χ1) is 7.61. The maximum atomic E-state index is 6.39. The molecule has 0 aromatic rings. The minimum absolute atomic E-state index is 0.0422. The van der Waals surface area contributed by atoms with Crippen LogP contribution in [0.1, 0.15) is 51.4 Å². The van der Waals surface area contributed by atoms with Gasteiger partial charge in [0.25, 0.3) is 0 Å². The van der Waals surface area contributed by atoms with E-state index in [2.05, 4.69) is 0 Å². The fourth-order valence-corrected chi connectivity index (χ4v) is 2.66. The van der Waals surface area contributed by atoms with Crippen LogP contribution in [0.5, 0.6) is 0 Å². The lowest BCUT2D eigenvalue weighted by atomic mass is 9.72. The summed E-state index contributed by atoms with van der Waals surface area (Å²) in [6.45, 7) is 0.766. The van der Waals surface area contributed by atoms with Gasteiger partial charge >= 0.3 is 0 Å². The van der Waals surface area contributed by atoms with Gasteiger partial charge in [-0.15, -0.1) is 0 Å². The smallest absolute Gasteiger partial charge is 0.0461 e. The van der Waals surface area contributed by atoms with Crippen molar-refractivity contribution >= 4 is 0 Å². The van der Waals surface area contributed by atoms with Crippen molar-refractivity contribution < 1.29 is 0 Å². The molecule has 1 aliphatic carbocycles. The highest BCUT2D eigenvalue weighted by atomic mass is 14.9. The molecule has 0 spiro atoms. The van der Waals surface area contributed by atoms with Crippen LogP contribution in [0.3, 0.4) is 0 Å². The van der Waals surface area contributed by atoms with Crippen LogP contribution in [-0.2, 0) is 0 Å². The van der Waals surface area contributed by atoms with Crippen LogP contribution >= 0.6 is 0 Å². The first-order valence-corrected chi connectivity index (χ1v) is 6.61. The molecule has 0 aliphatic heterocycles. The van der Waals surface area contributed by atoms with Crippen LogP contribution in [0, 0.1) is 0 Å². The largest absolute Gasteiger partial charge is 0.330 e. The highest BCUT2D eigenvalue weighted by Crippen LogP contribution is 2.29. The summed E-state index contributed by atoms with van der Waals surface area (Å²) in [5.41, 5.74) is 23.9. The molecule has 3 atom stereocenters. The van der Waals surface area contributed by atoms with E-state index in [-0.39, 0.29) is 17.6 Å². The summed E-state index contributed by atoms with van der Waals surface area (Å²) in [4.78, 5) is 0. The Morgan fingerprint density at radius 3 is 2.56 bits per heavy atom. The average molecular weight is 228 g/mol. The standard InChI is InChI=1S/C12H28N4/c13-9-5-1-2-6-10(14)12(16)8-4-3-7-11(12)15/h10-11H,1-9,13-16H2. The maximum absolute atomic E-state index is 6.39. The Morgan fingerprint density at radius 2 is 1.94 bits per heavy atom. The second-order valence-electron chi connectivity index (χ2n) is 5.21. The van der Waals surface area contributed by atoms with Crippen LogP contribution in [0.25, 0.3) is 0 Å². The van der Waals surface area contributed by atoms with E-state index in [0.717, 1.165) is 45.1 Å². The summed E-state index contributed by atoms with van der Waals surface area (Å²) < 4.78 is 0. The maximum Gasteiger partial charge on any atom is 0.0461 e. The monoisotopic (exact) mass is 228 g/mol.